The predicted octanol–water partition coefficient (Wildman–Crippen LogP) is 6.32. The molecule has 0 amide bonds. The molecule has 2 fully saturated rings. The topological polar surface area (TPSA) is 44.7 Å². The van der Waals surface area contributed by atoms with E-state index in [1.165, 1.54) is 30.4 Å². The molecule has 32 heavy (non-hydrogen) atoms. The molecular formula is C28H41N3O. The molecule has 1 aromatic carbocycles. The molecule has 1 aliphatic heterocycles. The van der Waals surface area contributed by atoms with Gasteiger partial charge in [-0.15, -0.1) is 0 Å². The molecule has 174 valence electrons. The molecule has 4 atom stereocenters. The molecule has 1 N–H and O–H groups in total. The highest BCUT2D eigenvalue weighted by Gasteiger charge is 2.34. The highest BCUT2D eigenvalue weighted by atomic mass is 16.1. The Morgan fingerprint density at radius 1 is 1.25 bits per heavy atom. The fourth-order valence-electron chi connectivity index (χ4n) is 5.44. The van der Waals surface area contributed by atoms with Gasteiger partial charge >= 0.3 is 0 Å². The fraction of sp³-hybridized carbons (Fsp3) is 0.607. The first-order valence-corrected chi connectivity index (χ1v) is 12.3. The van der Waals surface area contributed by atoms with Gasteiger partial charge in [0.2, 0.25) is 0 Å². The van der Waals surface area contributed by atoms with Crippen molar-refractivity contribution in [2.45, 2.75) is 91.6 Å². The smallest absolute Gasteiger partial charge is 0.148 e. The van der Waals surface area contributed by atoms with E-state index in [1.807, 2.05) is 6.92 Å². The van der Waals surface area contributed by atoms with Gasteiger partial charge in [0, 0.05) is 18.0 Å². The molecule has 1 saturated heterocycles. The van der Waals surface area contributed by atoms with Gasteiger partial charge in [-0.2, -0.15) is 0 Å². The van der Waals surface area contributed by atoms with Gasteiger partial charge in [-0.3, -0.25) is 4.99 Å². The second-order valence-corrected chi connectivity index (χ2v) is 10.4. The monoisotopic (exact) mass is 435 g/mol. The molecule has 2 aliphatic rings. The quantitative estimate of drug-likeness (QED) is 0.384. The Bertz CT molecular complexity index is 909. The van der Waals surface area contributed by atoms with Crippen molar-refractivity contribution in [1.82, 2.24) is 10.2 Å². The van der Waals surface area contributed by atoms with Crippen molar-refractivity contribution in [2.75, 3.05) is 6.54 Å². The van der Waals surface area contributed by atoms with E-state index in [1.54, 1.807) is 0 Å². The minimum absolute atomic E-state index is 0.0896. The lowest BCUT2D eigenvalue weighted by atomic mass is 9.94. The minimum Gasteiger partial charge on any atom is -0.380 e. The average molecular weight is 436 g/mol. The summed E-state index contributed by atoms with van der Waals surface area (Å²) in [7, 11) is 0. The molecular weight excluding hydrogens is 394 g/mol. The summed E-state index contributed by atoms with van der Waals surface area (Å²) in [5, 5.41) is 3.39. The SMILES string of the molecule is C=C(C)NC(C(=C=O)N1CCCC1/C(C)=N/c1ccc([C@H]2CCC(C)C2)cc1C)C(C)C. The van der Waals surface area contributed by atoms with Gasteiger partial charge in [-0.25, -0.2) is 4.79 Å². The van der Waals surface area contributed by atoms with Crippen LogP contribution in [0.25, 0.3) is 0 Å². The van der Waals surface area contributed by atoms with Crippen molar-refractivity contribution >= 4 is 17.3 Å². The van der Waals surface area contributed by atoms with Gasteiger partial charge in [0.15, 0.2) is 0 Å². The summed E-state index contributed by atoms with van der Waals surface area (Å²) in [5.41, 5.74) is 6.37. The van der Waals surface area contributed by atoms with E-state index >= 15 is 0 Å². The number of aliphatic imine (C=N–C) groups is 1. The molecule has 3 rings (SSSR count). The third-order valence-electron chi connectivity index (χ3n) is 7.20. The van der Waals surface area contributed by atoms with Crippen molar-refractivity contribution in [3.05, 3.63) is 47.3 Å². The Labute approximate surface area is 194 Å². The summed E-state index contributed by atoms with van der Waals surface area (Å²) in [5.74, 6) is 4.06. The summed E-state index contributed by atoms with van der Waals surface area (Å²) in [6, 6.07) is 6.84. The Balaban J connectivity index is 1.82. The zero-order chi connectivity index (χ0) is 23.4. The molecule has 1 saturated carbocycles. The van der Waals surface area contributed by atoms with E-state index in [9.17, 15) is 4.79 Å². The zero-order valence-electron chi connectivity index (χ0n) is 20.9. The summed E-state index contributed by atoms with van der Waals surface area (Å²) >= 11 is 0. The van der Waals surface area contributed by atoms with Gasteiger partial charge in [-0.05, 0) is 81.4 Å². The minimum atomic E-state index is -0.0896. The number of likely N-dealkylation sites (tertiary alicyclic amines) is 1. The number of hydrogen-bond acceptors (Lipinski definition) is 4. The van der Waals surface area contributed by atoms with Crippen LogP contribution < -0.4 is 5.32 Å². The number of allylic oxidation sites excluding steroid dienone is 1. The maximum atomic E-state index is 12.1. The van der Waals surface area contributed by atoms with Crippen molar-refractivity contribution in [1.29, 1.82) is 0 Å². The summed E-state index contributed by atoms with van der Waals surface area (Å²) in [4.78, 5) is 19.3. The first-order chi connectivity index (χ1) is 15.2. The van der Waals surface area contributed by atoms with E-state index < -0.39 is 0 Å². The lowest BCUT2D eigenvalue weighted by Crippen LogP contribution is -2.45. The van der Waals surface area contributed by atoms with Crippen LogP contribution in [0.4, 0.5) is 5.69 Å². The molecule has 1 heterocycles. The number of nitrogens with zero attached hydrogens (tertiary/aromatic N) is 2. The van der Waals surface area contributed by atoms with E-state index in [0.29, 0.717) is 11.6 Å². The lowest BCUT2D eigenvalue weighted by Gasteiger charge is -2.34. The van der Waals surface area contributed by atoms with Crippen LogP contribution in [0.3, 0.4) is 0 Å². The highest BCUT2D eigenvalue weighted by molar-refractivity contribution is 5.90. The number of benzene rings is 1. The molecule has 0 aromatic heterocycles. The molecule has 0 bridgehead atoms. The lowest BCUT2D eigenvalue weighted by molar-refractivity contribution is 0.315. The van der Waals surface area contributed by atoms with Crippen LogP contribution in [0.15, 0.2) is 41.2 Å². The van der Waals surface area contributed by atoms with Crippen molar-refractivity contribution in [3.8, 4) is 0 Å². The molecule has 1 aromatic rings. The van der Waals surface area contributed by atoms with Crippen LogP contribution in [0, 0.1) is 18.8 Å². The zero-order valence-corrected chi connectivity index (χ0v) is 20.9. The van der Waals surface area contributed by atoms with Gasteiger partial charge in [0.25, 0.3) is 0 Å². The maximum Gasteiger partial charge on any atom is 0.148 e. The first kappa shape index (κ1) is 24.3. The van der Waals surface area contributed by atoms with Gasteiger partial charge < -0.3 is 10.2 Å². The number of rotatable bonds is 8. The Morgan fingerprint density at radius 2 is 2.00 bits per heavy atom. The van der Waals surface area contributed by atoms with Crippen molar-refractivity contribution < 1.29 is 4.79 Å². The van der Waals surface area contributed by atoms with E-state index in [4.69, 9.17) is 4.99 Å². The maximum absolute atomic E-state index is 12.1. The number of hydrogen-bond donors (Lipinski definition) is 1. The fourth-order valence-corrected chi connectivity index (χ4v) is 5.44. The molecule has 3 unspecified atom stereocenters. The van der Waals surface area contributed by atoms with Crippen LogP contribution in [-0.2, 0) is 4.79 Å². The Kier molecular flexibility index (Phi) is 8.00. The van der Waals surface area contributed by atoms with Crippen LogP contribution in [0.1, 0.15) is 83.8 Å². The van der Waals surface area contributed by atoms with E-state index in [2.05, 4.69) is 75.6 Å². The Morgan fingerprint density at radius 3 is 2.56 bits per heavy atom. The van der Waals surface area contributed by atoms with Crippen LogP contribution in [0.2, 0.25) is 0 Å². The molecule has 0 spiro atoms. The Hall–Kier alpha value is -2.32. The summed E-state index contributed by atoms with van der Waals surface area (Å²) in [6.45, 7) is 17.7. The van der Waals surface area contributed by atoms with E-state index in [-0.39, 0.29) is 18.0 Å². The summed E-state index contributed by atoms with van der Waals surface area (Å²) in [6.07, 6.45) is 6.00. The first-order valence-electron chi connectivity index (χ1n) is 12.3. The van der Waals surface area contributed by atoms with Crippen LogP contribution in [0.5, 0.6) is 0 Å². The van der Waals surface area contributed by atoms with E-state index in [0.717, 1.165) is 42.4 Å². The van der Waals surface area contributed by atoms with Gasteiger partial charge in [-0.1, -0.05) is 45.9 Å². The second-order valence-electron chi connectivity index (χ2n) is 10.4. The van der Waals surface area contributed by atoms with Gasteiger partial charge in [0.05, 0.1) is 17.8 Å². The average Bonchev–Trinajstić information content (AvgIpc) is 3.38. The van der Waals surface area contributed by atoms with Crippen molar-refractivity contribution in [2.24, 2.45) is 16.8 Å². The normalized spacial score (nSPS) is 24.5. The molecule has 0 radical (unpaired) electrons. The molecule has 4 nitrogen and oxygen atoms in total. The van der Waals surface area contributed by atoms with Crippen LogP contribution in [-0.4, -0.2) is 35.2 Å². The number of aryl methyl sites for hydroxylation is 1. The number of carbonyl (C=O) groups excluding carboxylic acids is 1. The highest BCUT2D eigenvalue weighted by Crippen LogP contribution is 2.39. The molecule has 4 heteroatoms. The second kappa shape index (κ2) is 10.5. The molecule has 1 aliphatic carbocycles. The largest absolute Gasteiger partial charge is 0.380 e. The van der Waals surface area contributed by atoms with Gasteiger partial charge in [0.1, 0.15) is 11.6 Å². The standard InChI is InChI=1S/C28H41N3O/c1-18(2)28(29-19(3)4)27(17-32)31-14-8-9-26(31)22(7)30-25-13-12-24(16-21(25)6)23-11-10-20(5)15-23/h12-13,16,18,20,23,26,28-29H,3,8-11,14-15H2,1-2,4-7H3/b30-22+/t20?,23-,26?,28?/m0/s1. The third kappa shape index (κ3) is 5.53. The van der Waals surface area contributed by atoms with Crippen LogP contribution >= 0.6 is 0 Å². The third-order valence-corrected chi connectivity index (χ3v) is 7.20. The summed E-state index contributed by atoms with van der Waals surface area (Å²) < 4.78 is 0. The predicted molar refractivity (Wildman–Crippen MR) is 135 cm³/mol. The van der Waals surface area contributed by atoms with Crippen molar-refractivity contribution in [3.63, 3.8) is 0 Å². The number of nitrogens with one attached hydrogen (secondary N) is 1.